The zero-order chi connectivity index (χ0) is 72.3. The zero-order valence-electron chi connectivity index (χ0n) is 59.8. The van der Waals surface area contributed by atoms with Crippen LogP contribution in [0.2, 0.25) is 0 Å². The number of ether oxygens (including phenoxy) is 3. The maximum atomic E-state index is 12.4. The molecule has 548 valence electrons. The second-order valence-corrected chi connectivity index (χ2v) is 26.4. The second-order valence-electron chi connectivity index (χ2n) is 24.7. The van der Waals surface area contributed by atoms with Gasteiger partial charge in [-0.25, -0.2) is 41.9 Å². The van der Waals surface area contributed by atoms with E-state index in [1.165, 1.54) is 185 Å². The molecular formula is C76H115N9O13S. The summed E-state index contributed by atoms with van der Waals surface area (Å²) >= 11 is 0. The van der Waals surface area contributed by atoms with E-state index in [1.807, 2.05) is 37.6 Å². The molecule has 0 fully saturated rings. The van der Waals surface area contributed by atoms with E-state index >= 15 is 0 Å². The number of aliphatic carboxylic acids is 1. The van der Waals surface area contributed by atoms with Gasteiger partial charge in [-0.05, 0) is 130 Å². The van der Waals surface area contributed by atoms with E-state index in [-0.39, 0.29) is 24.8 Å². The van der Waals surface area contributed by atoms with Gasteiger partial charge in [-0.15, -0.1) is 0 Å². The summed E-state index contributed by atoms with van der Waals surface area (Å²) in [5, 5.41) is 30.6. The van der Waals surface area contributed by atoms with Crippen molar-refractivity contribution >= 4 is 80.8 Å². The van der Waals surface area contributed by atoms with Gasteiger partial charge in [-0.2, -0.15) is 0 Å². The molecule has 0 aliphatic heterocycles. The van der Waals surface area contributed by atoms with E-state index in [0.29, 0.717) is 65.1 Å². The highest BCUT2D eigenvalue weighted by atomic mass is 32.2. The fourth-order valence-electron chi connectivity index (χ4n) is 10.1. The normalized spacial score (nSPS) is 10.7. The Balaban J connectivity index is 0.000000539. The zero-order valence-corrected chi connectivity index (χ0v) is 60.6. The van der Waals surface area contributed by atoms with Crippen molar-refractivity contribution in [1.82, 2.24) is 20.7 Å². The topological polar surface area (TPSA) is 310 Å². The lowest BCUT2D eigenvalue weighted by Crippen LogP contribution is -2.34. The summed E-state index contributed by atoms with van der Waals surface area (Å²) in [6, 6.07) is 27.6. The first-order valence-corrected chi connectivity index (χ1v) is 37.1. The Hall–Kier alpha value is -8.86. The van der Waals surface area contributed by atoms with Crippen LogP contribution in [0.15, 0.2) is 114 Å². The molecule has 0 heterocycles. The highest BCUT2D eigenvalue weighted by molar-refractivity contribution is 7.90. The van der Waals surface area contributed by atoms with Gasteiger partial charge in [0, 0.05) is 49.5 Å². The molecule has 5 aromatic rings. The quantitative estimate of drug-likeness (QED) is 0.0163. The maximum Gasteiger partial charge on any atom is 0.417 e. The molecule has 0 saturated carbocycles. The monoisotopic (exact) mass is 1390 g/mol. The van der Waals surface area contributed by atoms with Crippen LogP contribution >= 0.6 is 0 Å². The maximum absolute atomic E-state index is 12.4. The molecule has 10 N–H and O–H groups in total. The summed E-state index contributed by atoms with van der Waals surface area (Å²) in [6.07, 6.45) is 33.5. The summed E-state index contributed by atoms with van der Waals surface area (Å²) in [5.41, 5.74) is 5.88. The van der Waals surface area contributed by atoms with Crippen LogP contribution in [-0.4, -0.2) is 82.6 Å². The fourth-order valence-corrected chi connectivity index (χ4v) is 11.0. The molecular weight excluding hydrogens is 1280 g/mol. The van der Waals surface area contributed by atoms with Gasteiger partial charge in [0.1, 0.15) is 11.5 Å². The van der Waals surface area contributed by atoms with Crippen LogP contribution in [0, 0.1) is 20.8 Å². The molecule has 0 saturated heterocycles. The lowest BCUT2D eigenvalue weighted by Gasteiger charge is -2.12. The summed E-state index contributed by atoms with van der Waals surface area (Å²) in [5.74, 6) is -0.315. The first-order chi connectivity index (χ1) is 47.7. The number of urea groups is 3. The Labute approximate surface area is 590 Å². The number of anilines is 5. The molecule has 0 aliphatic carbocycles. The molecule has 23 heteroatoms. The van der Waals surface area contributed by atoms with Crippen molar-refractivity contribution in [3.05, 3.63) is 131 Å². The fraction of sp³-hybridized carbons (Fsp3) is 0.513. The molecule has 0 aliphatic rings. The van der Waals surface area contributed by atoms with Crippen LogP contribution in [-0.2, 0) is 26.0 Å². The Morgan fingerprint density at radius 2 is 0.778 bits per heavy atom. The van der Waals surface area contributed by atoms with E-state index < -0.39 is 40.3 Å². The van der Waals surface area contributed by atoms with Gasteiger partial charge < -0.3 is 51.2 Å². The van der Waals surface area contributed by atoms with Crippen molar-refractivity contribution in [3.8, 4) is 11.5 Å². The van der Waals surface area contributed by atoms with Gasteiger partial charge >= 0.3 is 42.3 Å². The Kier molecular flexibility index (Phi) is 43.8. The van der Waals surface area contributed by atoms with Gasteiger partial charge in [0.05, 0.1) is 18.4 Å². The standard InChI is InChI=1S/C35H53N3O5.C27H39N3O5S.C14H21N3O3.H2/c1-3-4-5-6-7-8-9-10-11-12-13-14-15-16-17-18-25-36-34(41)37-30-22-19-28(2)32(27-30)38-35(42)43-31-23-20-29(21-24-31)26-33(39)40;1-3-4-5-6-7-8-9-10-11-12-21-28-27(32)35-24-17-15-23(16-18-24)29-26(31)30-36(33,34)25-19-13-22(2)14-20-25;1-4-5-8-15-13(18)17-12-9-11(7-6-10(12)2)16-14(19)20-3;/h19-24,27H,3-18,25-26H2,1-2H3,(H,38,42)(H,39,40)(H2,36,37,41);13-20H,3-12,21H2,1-2H3,(H,28,32)(H2,29,30,31);6-7,9H,4-5,8H2,1-3H3,(H,16,19)(H2,15,17,18);1H. The van der Waals surface area contributed by atoms with Crippen LogP contribution in [0.25, 0.3) is 0 Å². The van der Waals surface area contributed by atoms with E-state index in [2.05, 4.69) is 68.0 Å². The van der Waals surface area contributed by atoms with Gasteiger partial charge in [0.15, 0.2) is 0 Å². The minimum atomic E-state index is -3.98. The van der Waals surface area contributed by atoms with E-state index in [9.17, 15) is 42.0 Å². The molecule has 0 bridgehead atoms. The number of amides is 9. The lowest BCUT2D eigenvalue weighted by atomic mass is 10.0. The number of unbranched alkanes of at least 4 members (excludes halogenated alkanes) is 25. The van der Waals surface area contributed by atoms with Crippen LogP contribution in [0.3, 0.4) is 0 Å². The molecule has 9 amide bonds. The highest BCUT2D eigenvalue weighted by Gasteiger charge is 2.18. The van der Waals surface area contributed by atoms with E-state index in [4.69, 9.17) is 14.6 Å². The number of hydrogen-bond donors (Lipinski definition) is 10. The molecule has 22 nitrogen and oxygen atoms in total. The third-order valence-electron chi connectivity index (χ3n) is 16.0. The first-order valence-electron chi connectivity index (χ1n) is 35.7. The lowest BCUT2D eigenvalue weighted by molar-refractivity contribution is -0.136. The average molecular weight is 1390 g/mol. The summed E-state index contributed by atoms with van der Waals surface area (Å²) < 4.78 is 41.6. The predicted octanol–water partition coefficient (Wildman–Crippen LogP) is 19.5. The molecule has 0 atom stereocenters. The number of carboxylic acids is 1. The van der Waals surface area contributed by atoms with E-state index in [1.54, 1.807) is 60.7 Å². The van der Waals surface area contributed by atoms with Gasteiger partial charge in [-0.1, -0.05) is 223 Å². The Bertz CT molecular complexity index is 3270. The van der Waals surface area contributed by atoms with Crippen LogP contribution in [0.5, 0.6) is 11.5 Å². The van der Waals surface area contributed by atoms with E-state index in [0.717, 1.165) is 55.2 Å². The Morgan fingerprint density at radius 1 is 0.394 bits per heavy atom. The second kappa shape index (κ2) is 51.3. The highest BCUT2D eigenvalue weighted by Crippen LogP contribution is 2.24. The van der Waals surface area contributed by atoms with Crippen LogP contribution in [0.4, 0.5) is 57.2 Å². The third kappa shape index (κ3) is 40.6. The van der Waals surface area contributed by atoms with Gasteiger partial charge in [0.2, 0.25) is 0 Å². The molecule has 0 radical (unpaired) electrons. The van der Waals surface area contributed by atoms with Crippen LogP contribution < -0.4 is 56.7 Å². The molecule has 99 heavy (non-hydrogen) atoms. The number of aryl methyl sites for hydroxylation is 3. The number of methoxy groups -OCH3 is 1. The Morgan fingerprint density at radius 3 is 1.24 bits per heavy atom. The third-order valence-corrected chi connectivity index (χ3v) is 17.3. The van der Waals surface area contributed by atoms with Crippen molar-refractivity contribution in [1.29, 1.82) is 0 Å². The number of hydrogen-bond acceptors (Lipinski definition) is 12. The molecule has 5 rings (SSSR count). The van der Waals surface area contributed by atoms with Crippen molar-refractivity contribution < 1.29 is 62.7 Å². The number of rotatable bonds is 42. The first kappa shape index (κ1) is 84.4. The van der Waals surface area contributed by atoms with Crippen LogP contribution in [0.1, 0.15) is 224 Å². The smallest absolute Gasteiger partial charge is 0.417 e. The van der Waals surface area contributed by atoms with Gasteiger partial charge in [0.25, 0.3) is 10.0 Å². The van der Waals surface area contributed by atoms with Crippen molar-refractivity contribution in [3.63, 3.8) is 0 Å². The van der Waals surface area contributed by atoms with Gasteiger partial charge in [-0.3, -0.25) is 15.4 Å². The molecule has 5 aromatic carbocycles. The van der Waals surface area contributed by atoms with Crippen molar-refractivity contribution in [2.24, 2.45) is 0 Å². The minimum absolute atomic E-state index is 0. The minimum Gasteiger partial charge on any atom is -0.481 e. The number of carbonyl (C=O) groups excluding carboxylic acids is 6. The SMILES string of the molecule is CCCCCCCCCCCCCCCCCCNC(=O)Nc1ccc(C)c(NC(=O)Oc2ccc(CC(=O)O)cc2)c1.CCCCCCCCCCCCNC(=O)Oc1ccc(NC(=O)NS(=O)(=O)c2ccc(C)cc2)cc1.CCCCNC(=O)Nc1cc(NC(=O)OC)ccc1C.[HH]. The largest absolute Gasteiger partial charge is 0.481 e. The van der Waals surface area contributed by atoms with Crippen molar-refractivity contribution in [2.45, 2.75) is 233 Å². The molecule has 0 spiro atoms. The number of carboxylic acid groups (broad SMARTS) is 1. The summed E-state index contributed by atoms with van der Waals surface area (Å²) in [4.78, 5) is 82.5. The average Bonchev–Trinajstić information content (AvgIpc) is 0.861. The van der Waals surface area contributed by atoms with Crippen molar-refractivity contribution in [2.75, 3.05) is 53.3 Å². The number of sulfonamides is 1. The number of nitrogens with one attached hydrogen (secondary N) is 9. The number of carbonyl (C=O) groups is 7. The molecule has 0 unspecified atom stereocenters. The predicted molar refractivity (Wildman–Crippen MR) is 399 cm³/mol. The summed E-state index contributed by atoms with van der Waals surface area (Å²) in [7, 11) is -2.69. The molecule has 0 aromatic heterocycles. The number of benzene rings is 5. The summed E-state index contributed by atoms with van der Waals surface area (Å²) in [6.45, 7) is 13.9.